The van der Waals surface area contributed by atoms with Gasteiger partial charge in [-0.05, 0) is 24.8 Å². The first-order valence-electron chi connectivity index (χ1n) is 12.0. The van der Waals surface area contributed by atoms with Gasteiger partial charge in [0.05, 0.1) is 23.8 Å². The highest BCUT2D eigenvalue weighted by atomic mass is 32.2. The molecule has 0 spiro atoms. The maximum atomic E-state index is 13.4. The lowest BCUT2D eigenvalue weighted by Crippen LogP contribution is -2.55. The number of amides is 1. The van der Waals surface area contributed by atoms with Crippen molar-refractivity contribution in [3.8, 4) is 0 Å². The summed E-state index contributed by atoms with van der Waals surface area (Å²) in [5.41, 5.74) is 0.768. The molecular weight excluding hydrogens is 462 g/mol. The van der Waals surface area contributed by atoms with E-state index in [1.165, 1.54) is 10.7 Å². The zero-order valence-corrected chi connectivity index (χ0v) is 20.8. The topological polar surface area (TPSA) is 95.1 Å². The molecule has 3 aliphatic rings. The van der Waals surface area contributed by atoms with Gasteiger partial charge in [-0.3, -0.25) is 9.69 Å². The van der Waals surface area contributed by atoms with Crippen LogP contribution >= 0.6 is 0 Å². The molecule has 1 unspecified atom stereocenters. The number of sulfone groups is 1. The van der Waals surface area contributed by atoms with E-state index in [4.69, 9.17) is 0 Å². The van der Waals surface area contributed by atoms with Crippen LogP contribution in [-0.4, -0.2) is 93.2 Å². The van der Waals surface area contributed by atoms with Crippen LogP contribution in [0.4, 0.5) is 0 Å². The summed E-state index contributed by atoms with van der Waals surface area (Å²) in [6.45, 7) is 1.95. The second-order valence-electron chi connectivity index (χ2n) is 9.57. The third-order valence-corrected chi connectivity index (χ3v) is 10.7. The number of rotatable bonds is 7. The van der Waals surface area contributed by atoms with Crippen molar-refractivity contribution >= 4 is 25.8 Å². The van der Waals surface area contributed by atoms with Gasteiger partial charge in [-0.25, -0.2) is 16.8 Å². The minimum atomic E-state index is -3.40. The Balaban J connectivity index is 1.35. The summed E-state index contributed by atoms with van der Waals surface area (Å²) in [4.78, 5) is 17.3. The highest BCUT2D eigenvalue weighted by Gasteiger charge is 2.39. The van der Waals surface area contributed by atoms with Gasteiger partial charge < -0.3 is 4.90 Å². The van der Waals surface area contributed by atoms with Crippen molar-refractivity contribution in [3.05, 3.63) is 35.9 Å². The Bertz CT molecular complexity index is 1020. The predicted molar refractivity (Wildman–Crippen MR) is 128 cm³/mol. The first-order chi connectivity index (χ1) is 15.7. The maximum absolute atomic E-state index is 13.4. The van der Waals surface area contributed by atoms with E-state index in [1.807, 2.05) is 40.1 Å². The Morgan fingerprint density at radius 1 is 0.939 bits per heavy atom. The Labute approximate surface area is 197 Å². The van der Waals surface area contributed by atoms with Crippen LogP contribution in [0.15, 0.2) is 30.3 Å². The zero-order valence-electron chi connectivity index (χ0n) is 19.1. The lowest BCUT2D eigenvalue weighted by atomic mass is 9.92. The first-order valence-corrected chi connectivity index (χ1v) is 15.4. The number of carbonyl (C=O) groups is 1. The summed E-state index contributed by atoms with van der Waals surface area (Å²) < 4.78 is 51.3. The second kappa shape index (κ2) is 10.4. The van der Waals surface area contributed by atoms with Gasteiger partial charge in [0.1, 0.15) is 0 Å². The molecule has 184 valence electrons. The molecule has 1 amide bonds. The van der Waals surface area contributed by atoms with Gasteiger partial charge in [0.15, 0.2) is 9.84 Å². The summed E-state index contributed by atoms with van der Waals surface area (Å²) in [6.07, 6.45) is 5.72. The van der Waals surface area contributed by atoms with Gasteiger partial charge in [0, 0.05) is 38.3 Å². The highest BCUT2D eigenvalue weighted by molar-refractivity contribution is 7.91. The van der Waals surface area contributed by atoms with Crippen LogP contribution in [-0.2, 0) is 30.4 Å². The van der Waals surface area contributed by atoms with Crippen LogP contribution in [0.2, 0.25) is 0 Å². The second-order valence-corrected chi connectivity index (χ2v) is 13.8. The van der Waals surface area contributed by atoms with Crippen molar-refractivity contribution < 1.29 is 21.6 Å². The zero-order chi connectivity index (χ0) is 23.5. The molecule has 2 heterocycles. The third-order valence-electron chi connectivity index (χ3n) is 7.13. The minimum Gasteiger partial charge on any atom is -0.335 e. The summed E-state index contributed by atoms with van der Waals surface area (Å²) in [5, 5.41) is 0. The van der Waals surface area contributed by atoms with E-state index in [9.17, 15) is 21.6 Å². The molecule has 4 rings (SSSR count). The lowest BCUT2D eigenvalue weighted by molar-refractivity contribution is -0.138. The Morgan fingerprint density at radius 3 is 2.21 bits per heavy atom. The van der Waals surface area contributed by atoms with E-state index in [0.717, 1.165) is 31.2 Å². The molecule has 1 aromatic rings. The first kappa shape index (κ1) is 24.6. The largest absolute Gasteiger partial charge is 0.335 e. The number of benzene rings is 1. The number of sulfonamides is 1. The smallest absolute Gasteiger partial charge is 0.237 e. The molecule has 33 heavy (non-hydrogen) atoms. The lowest BCUT2D eigenvalue weighted by Gasteiger charge is -2.40. The molecule has 2 aliphatic heterocycles. The fourth-order valence-electron chi connectivity index (χ4n) is 5.37. The summed E-state index contributed by atoms with van der Waals surface area (Å²) in [6, 6.07) is 9.06. The quantitative estimate of drug-likeness (QED) is 0.566. The van der Waals surface area contributed by atoms with Crippen LogP contribution in [0.25, 0.3) is 0 Å². The molecule has 1 aromatic carbocycles. The molecular formula is C23H35N3O5S2. The molecule has 1 atom stereocenters. The molecule has 0 N–H and O–H groups in total. The van der Waals surface area contributed by atoms with Crippen molar-refractivity contribution in [2.75, 3.05) is 44.2 Å². The number of carbonyl (C=O) groups excluding carboxylic acids is 1. The normalized spacial score (nSPS) is 25.2. The van der Waals surface area contributed by atoms with E-state index in [2.05, 4.69) is 0 Å². The van der Waals surface area contributed by atoms with Gasteiger partial charge in [-0.1, -0.05) is 49.6 Å². The number of hydrogen-bond acceptors (Lipinski definition) is 6. The molecule has 3 fully saturated rings. The van der Waals surface area contributed by atoms with Crippen LogP contribution in [0, 0.1) is 0 Å². The van der Waals surface area contributed by atoms with Crippen molar-refractivity contribution in [3.63, 3.8) is 0 Å². The molecule has 1 saturated carbocycles. The minimum absolute atomic E-state index is 0.00964. The maximum Gasteiger partial charge on any atom is 0.237 e. The molecule has 2 saturated heterocycles. The Morgan fingerprint density at radius 2 is 1.61 bits per heavy atom. The Kier molecular flexibility index (Phi) is 7.77. The van der Waals surface area contributed by atoms with E-state index in [1.54, 1.807) is 0 Å². The van der Waals surface area contributed by atoms with Crippen LogP contribution in [0.3, 0.4) is 0 Å². The van der Waals surface area contributed by atoms with Gasteiger partial charge in [-0.15, -0.1) is 0 Å². The Hall–Kier alpha value is -1.49. The molecule has 0 aromatic heterocycles. The van der Waals surface area contributed by atoms with Crippen LogP contribution in [0.1, 0.15) is 44.1 Å². The van der Waals surface area contributed by atoms with Gasteiger partial charge >= 0.3 is 0 Å². The van der Waals surface area contributed by atoms with Crippen molar-refractivity contribution in [1.29, 1.82) is 0 Å². The molecule has 1 aliphatic carbocycles. The van der Waals surface area contributed by atoms with E-state index >= 15 is 0 Å². The SMILES string of the molecule is O=C(CN1CCN(S(=O)(=O)Cc2ccccc2)CC1)N(C1CCCCC1)C1CCS(=O)(=O)C1. The standard InChI is InChI=1S/C23H35N3O5S2/c27-23(26(21-9-5-2-6-10-21)22-11-16-32(28,29)19-22)17-24-12-14-25(15-13-24)33(30,31)18-20-7-3-1-4-8-20/h1,3-4,7-8,21-22H,2,5-6,9-19H2. The van der Waals surface area contributed by atoms with Crippen molar-refractivity contribution in [2.24, 2.45) is 0 Å². The number of hydrogen-bond donors (Lipinski definition) is 0. The van der Waals surface area contributed by atoms with Gasteiger partial charge in [0.25, 0.3) is 0 Å². The van der Waals surface area contributed by atoms with E-state index in [-0.39, 0.29) is 41.8 Å². The van der Waals surface area contributed by atoms with Crippen molar-refractivity contribution in [1.82, 2.24) is 14.1 Å². The van der Waals surface area contributed by atoms with E-state index < -0.39 is 19.9 Å². The summed E-state index contributed by atoms with van der Waals surface area (Å²) >= 11 is 0. The average Bonchev–Trinajstić information content (AvgIpc) is 3.14. The number of nitrogens with zero attached hydrogens (tertiary/aromatic N) is 3. The third kappa shape index (κ3) is 6.35. The summed E-state index contributed by atoms with van der Waals surface area (Å²) in [7, 11) is -6.48. The molecule has 0 radical (unpaired) electrons. The fraction of sp³-hybridized carbons (Fsp3) is 0.696. The highest BCUT2D eigenvalue weighted by Crippen LogP contribution is 2.28. The van der Waals surface area contributed by atoms with Crippen molar-refractivity contribution in [2.45, 2.75) is 56.4 Å². The van der Waals surface area contributed by atoms with Gasteiger partial charge in [-0.2, -0.15) is 4.31 Å². The van der Waals surface area contributed by atoms with Crippen LogP contribution in [0.5, 0.6) is 0 Å². The summed E-state index contributed by atoms with van der Waals surface area (Å²) in [5.74, 6) is 0.204. The average molecular weight is 498 g/mol. The predicted octanol–water partition coefficient (Wildman–Crippen LogP) is 1.48. The van der Waals surface area contributed by atoms with Gasteiger partial charge in [0.2, 0.25) is 15.9 Å². The molecule has 10 heteroatoms. The van der Waals surface area contributed by atoms with E-state index in [0.29, 0.717) is 32.6 Å². The van der Waals surface area contributed by atoms with Crippen LogP contribution < -0.4 is 0 Å². The molecule has 0 bridgehead atoms. The number of piperazine rings is 1. The monoisotopic (exact) mass is 497 g/mol. The molecule has 8 nitrogen and oxygen atoms in total. The fourth-order valence-corrected chi connectivity index (χ4v) is 8.60.